The Hall–Kier alpha value is -1.86. The van der Waals surface area contributed by atoms with Gasteiger partial charge in [-0.15, -0.1) is 0 Å². The van der Waals surface area contributed by atoms with E-state index < -0.39 is 0 Å². The van der Waals surface area contributed by atoms with E-state index in [1.165, 1.54) is 0 Å². The van der Waals surface area contributed by atoms with Crippen LogP contribution in [0.25, 0.3) is 11.1 Å². The van der Waals surface area contributed by atoms with Crippen LogP contribution >= 0.6 is 0 Å². The van der Waals surface area contributed by atoms with Crippen molar-refractivity contribution in [2.75, 3.05) is 0 Å². The molecule has 1 heterocycles. The highest BCUT2D eigenvalue weighted by molar-refractivity contribution is 5.72. The summed E-state index contributed by atoms with van der Waals surface area (Å²) in [6.45, 7) is 0.636. The predicted molar refractivity (Wildman–Crippen MR) is 72.2 cm³/mol. The maximum Gasteiger partial charge on any atom is 0.209 e. The molecule has 1 aromatic heterocycles. The molecule has 0 radical (unpaired) electrons. The number of hydrogen-bond acceptors (Lipinski definition) is 4. The van der Waals surface area contributed by atoms with Crippen LogP contribution in [0.2, 0.25) is 0 Å². The van der Waals surface area contributed by atoms with E-state index in [0.29, 0.717) is 12.6 Å². The Morgan fingerprint density at radius 1 is 1.37 bits per heavy atom. The summed E-state index contributed by atoms with van der Waals surface area (Å²) in [5.41, 5.74) is 1.73. The van der Waals surface area contributed by atoms with E-state index in [4.69, 9.17) is 9.68 Å². The van der Waals surface area contributed by atoms with Crippen LogP contribution in [-0.2, 0) is 6.54 Å². The number of benzene rings is 1. The molecule has 2 atom stereocenters. The lowest BCUT2D eigenvalue weighted by Gasteiger charge is -2.25. The van der Waals surface area contributed by atoms with Crippen molar-refractivity contribution < 1.29 is 4.42 Å². The first-order valence-corrected chi connectivity index (χ1v) is 6.82. The number of rotatable bonds is 3. The minimum Gasteiger partial charge on any atom is -0.439 e. The number of oxazole rings is 1. The van der Waals surface area contributed by atoms with E-state index in [0.717, 1.165) is 42.7 Å². The zero-order valence-electron chi connectivity index (χ0n) is 10.8. The normalized spacial score (nSPS) is 23.3. The highest BCUT2D eigenvalue weighted by atomic mass is 16.3. The second-order valence-corrected chi connectivity index (χ2v) is 5.15. The number of fused-ring (bicyclic) bond motifs is 1. The molecular weight excluding hydrogens is 238 g/mol. The highest BCUT2D eigenvalue weighted by Crippen LogP contribution is 2.24. The molecule has 4 nitrogen and oxygen atoms in total. The van der Waals surface area contributed by atoms with Crippen molar-refractivity contribution in [1.29, 1.82) is 5.26 Å². The molecule has 0 aliphatic heterocycles. The number of nitrogens with one attached hydrogen (secondary N) is 1. The van der Waals surface area contributed by atoms with Gasteiger partial charge in [-0.3, -0.25) is 0 Å². The van der Waals surface area contributed by atoms with Gasteiger partial charge in [0.05, 0.1) is 12.6 Å². The van der Waals surface area contributed by atoms with Gasteiger partial charge in [0.2, 0.25) is 5.89 Å². The fourth-order valence-electron chi connectivity index (χ4n) is 2.72. The van der Waals surface area contributed by atoms with Crippen LogP contribution in [0.15, 0.2) is 28.7 Å². The summed E-state index contributed by atoms with van der Waals surface area (Å²) < 4.78 is 5.67. The lowest BCUT2D eigenvalue weighted by atomic mass is 9.87. The molecule has 3 rings (SSSR count). The quantitative estimate of drug-likeness (QED) is 0.915. The fourth-order valence-corrected chi connectivity index (χ4v) is 2.72. The van der Waals surface area contributed by atoms with Crippen molar-refractivity contribution >= 4 is 11.1 Å². The van der Waals surface area contributed by atoms with Crippen LogP contribution in [0.3, 0.4) is 0 Å². The van der Waals surface area contributed by atoms with E-state index >= 15 is 0 Å². The third-order valence-electron chi connectivity index (χ3n) is 3.74. The summed E-state index contributed by atoms with van der Waals surface area (Å²) in [5.74, 6) is 0.926. The van der Waals surface area contributed by atoms with Crippen LogP contribution < -0.4 is 5.32 Å². The summed E-state index contributed by atoms with van der Waals surface area (Å²) in [6, 6.07) is 10.6. The van der Waals surface area contributed by atoms with Gasteiger partial charge in [0.25, 0.3) is 0 Å². The average Bonchev–Trinajstić information content (AvgIpc) is 2.88. The van der Waals surface area contributed by atoms with Crippen LogP contribution in [-0.4, -0.2) is 11.0 Å². The van der Waals surface area contributed by atoms with E-state index in [1.54, 1.807) is 0 Å². The zero-order chi connectivity index (χ0) is 13.1. The molecule has 1 aliphatic carbocycles. The predicted octanol–water partition coefficient (Wildman–Crippen LogP) is 3.00. The Bertz CT molecular complexity index is 566. The number of nitrogens with zero attached hydrogens (tertiary/aromatic N) is 2. The molecule has 1 saturated carbocycles. The topological polar surface area (TPSA) is 61.9 Å². The van der Waals surface area contributed by atoms with Crippen molar-refractivity contribution in [3.05, 3.63) is 30.2 Å². The molecule has 98 valence electrons. The zero-order valence-corrected chi connectivity index (χ0v) is 10.8. The third-order valence-corrected chi connectivity index (χ3v) is 3.74. The maximum atomic E-state index is 8.98. The van der Waals surface area contributed by atoms with Crippen molar-refractivity contribution in [3.8, 4) is 6.07 Å². The number of hydrogen-bond donors (Lipinski definition) is 1. The van der Waals surface area contributed by atoms with Gasteiger partial charge in [0.1, 0.15) is 5.52 Å². The summed E-state index contributed by atoms with van der Waals surface area (Å²) >= 11 is 0. The lowest BCUT2D eigenvalue weighted by molar-refractivity contribution is 0.317. The van der Waals surface area contributed by atoms with Gasteiger partial charge in [0, 0.05) is 12.0 Å². The SMILES string of the molecule is N#CC1CCCC(NCc2nc3ccccc3o2)C1. The molecule has 0 spiro atoms. The van der Waals surface area contributed by atoms with Crippen molar-refractivity contribution in [3.63, 3.8) is 0 Å². The minimum atomic E-state index is 0.204. The maximum absolute atomic E-state index is 8.98. The van der Waals surface area contributed by atoms with Crippen LogP contribution in [0, 0.1) is 17.2 Å². The molecule has 1 N–H and O–H groups in total. The first kappa shape index (κ1) is 12.2. The van der Waals surface area contributed by atoms with Gasteiger partial charge in [0.15, 0.2) is 5.58 Å². The molecule has 19 heavy (non-hydrogen) atoms. The van der Waals surface area contributed by atoms with Crippen LogP contribution in [0.4, 0.5) is 0 Å². The van der Waals surface area contributed by atoms with E-state index in [2.05, 4.69) is 16.4 Å². The second kappa shape index (κ2) is 5.41. The van der Waals surface area contributed by atoms with Gasteiger partial charge in [-0.2, -0.15) is 5.26 Å². The summed E-state index contributed by atoms with van der Waals surface area (Å²) in [7, 11) is 0. The van der Waals surface area contributed by atoms with E-state index in [9.17, 15) is 0 Å². The molecule has 2 aromatic rings. The van der Waals surface area contributed by atoms with Gasteiger partial charge in [-0.25, -0.2) is 4.98 Å². The molecule has 4 heteroatoms. The van der Waals surface area contributed by atoms with Crippen molar-refractivity contribution in [1.82, 2.24) is 10.3 Å². The lowest BCUT2D eigenvalue weighted by Crippen LogP contribution is -2.33. The van der Waals surface area contributed by atoms with E-state index in [1.807, 2.05) is 24.3 Å². The molecule has 0 amide bonds. The average molecular weight is 255 g/mol. The smallest absolute Gasteiger partial charge is 0.209 e. The highest BCUT2D eigenvalue weighted by Gasteiger charge is 2.21. The first-order chi connectivity index (χ1) is 9.35. The number of nitriles is 1. The van der Waals surface area contributed by atoms with Crippen molar-refractivity contribution in [2.24, 2.45) is 5.92 Å². The summed E-state index contributed by atoms with van der Waals surface area (Å²) in [6.07, 6.45) is 4.25. The Labute approximate surface area is 112 Å². The van der Waals surface area contributed by atoms with Gasteiger partial charge >= 0.3 is 0 Å². The minimum absolute atomic E-state index is 0.204. The fraction of sp³-hybridized carbons (Fsp3) is 0.467. The Balaban J connectivity index is 1.61. The van der Waals surface area contributed by atoms with Crippen LogP contribution in [0.1, 0.15) is 31.6 Å². The monoisotopic (exact) mass is 255 g/mol. The Morgan fingerprint density at radius 2 is 2.26 bits per heavy atom. The van der Waals surface area contributed by atoms with Crippen LogP contribution in [0.5, 0.6) is 0 Å². The molecule has 1 aromatic carbocycles. The van der Waals surface area contributed by atoms with Crippen molar-refractivity contribution in [2.45, 2.75) is 38.3 Å². The first-order valence-electron chi connectivity index (χ1n) is 6.82. The number of para-hydroxylation sites is 2. The molecule has 2 unspecified atom stereocenters. The van der Waals surface area contributed by atoms with E-state index in [-0.39, 0.29) is 5.92 Å². The molecule has 1 fully saturated rings. The molecule has 0 saturated heterocycles. The second-order valence-electron chi connectivity index (χ2n) is 5.15. The summed E-state index contributed by atoms with van der Waals surface area (Å²) in [4.78, 5) is 4.44. The third kappa shape index (κ3) is 2.77. The van der Waals surface area contributed by atoms with Gasteiger partial charge in [-0.05, 0) is 31.4 Å². The molecule has 1 aliphatic rings. The standard InChI is InChI=1S/C15H17N3O/c16-9-11-4-3-5-12(8-11)17-10-15-18-13-6-1-2-7-14(13)19-15/h1-2,6-7,11-12,17H,3-5,8,10H2. The summed E-state index contributed by atoms with van der Waals surface area (Å²) in [5, 5.41) is 12.4. The largest absolute Gasteiger partial charge is 0.439 e. The number of aromatic nitrogens is 1. The van der Waals surface area contributed by atoms with Gasteiger partial charge in [-0.1, -0.05) is 18.6 Å². The van der Waals surface area contributed by atoms with Gasteiger partial charge < -0.3 is 9.73 Å². The Morgan fingerprint density at radius 3 is 3.11 bits per heavy atom. The molecule has 0 bridgehead atoms. The Kier molecular flexibility index (Phi) is 3.47. The molecular formula is C15H17N3O.